The summed E-state index contributed by atoms with van der Waals surface area (Å²) in [6, 6.07) is 7.57. The molecule has 23 heavy (non-hydrogen) atoms. The molecule has 2 aliphatic heterocycles. The molecule has 7 nitrogen and oxygen atoms in total. The molecule has 2 aromatic rings. The smallest absolute Gasteiger partial charge is 0.267 e. The van der Waals surface area contributed by atoms with Gasteiger partial charge in [-0.1, -0.05) is 12.1 Å². The van der Waals surface area contributed by atoms with Gasteiger partial charge in [0.15, 0.2) is 11.5 Å². The zero-order valence-electron chi connectivity index (χ0n) is 12.4. The van der Waals surface area contributed by atoms with Crippen molar-refractivity contribution in [2.75, 3.05) is 25.0 Å². The van der Waals surface area contributed by atoms with Gasteiger partial charge in [0.25, 0.3) is 5.91 Å². The van der Waals surface area contributed by atoms with E-state index in [4.69, 9.17) is 9.47 Å². The SMILES string of the molecule is O=C(C1COc2ccccc2O1)N1CC(Nc2cnccn2)C1. The normalized spacial score (nSPS) is 19.8. The highest BCUT2D eigenvalue weighted by Gasteiger charge is 2.37. The van der Waals surface area contributed by atoms with E-state index in [0.29, 0.717) is 24.6 Å². The van der Waals surface area contributed by atoms with Crippen molar-refractivity contribution in [3.05, 3.63) is 42.9 Å². The molecule has 0 radical (unpaired) electrons. The molecule has 1 saturated heterocycles. The minimum atomic E-state index is -0.581. The van der Waals surface area contributed by atoms with E-state index in [1.807, 2.05) is 24.3 Å². The maximum Gasteiger partial charge on any atom is 0.267 e. The summed E-state index contributed by atoms with van der Waals surface area (Å²) in [5, 5.41) is 3.24. The van der Waals surface area contributed by atoms with Crippen LogP contribution in [0.3, 0.4) is 0 Å². The quantitative estimate of drug-likeness (QED) is 0.909. The third-order valence-electron chi connectivity index (χ3n) is 3.89. The molecule has 0 spiro atoms. The molecule has 1 aromatic carbocycles. The Morgan fingerprint density at radius 3 is 2.83 bits per heavy atom. The van der Waals surface area contributed by atoms with Crippen molar-refractivity contribution >= 4 is 11.7 Å². The van der Waals surface area contributed by atoms with E-state index in [1.54, 1.807) is 23.5 Å². The number of nitrogens with zero attached hydrogens (tertiary/aromatic N) is 3. The number of aromatic nitrogens is 2. The molecule has 118 valence electrons. The molecule has 1 aromatic heterocycles. The number of anilines is 1. The number of fused-ring (bicyclic) bond motifs is 1. The third kappa shape index (κ3) is 2.77. The van der Waals surface area contributed by atoms with Gasteiger partial charge in [0.2, 0.25) is 6.10 Å². The fourth-order valence-corrected chi connectivity index (χ4v) is 2.68. The molecule has 0 saturated carbocycles. The van der Waals surface area contributed by atoms with Crippen LogP contribution in [0.25, 0.3) is 0 Å². The van der Waals surface area contributed by atoms with Crippen LogP contribution in [0.2, 0.25) is 0 Å². The van der Waals surface area contributed by atoms with Crippen LogP contribution in [-0.2, 0) is 4.79 Å². The number of hydrogen-bond donors (Lipinski definition) is 1. The highest BCUT2D eigenvalue weighted by atomic mass is 16.6. The van der Waals surface area contributed by atoms with Gasteiger partial charge in [0.05, 0.1) is 12.2 Å². The third-order valence-corrected chi connectivity index (χ3v) is 3.89. The van der Waals surface area contributed by atoms with Crippen molar-refractivity contribution in [3.8, 4) is 11.5 Å². The molecule has 1 unspecified atom stereocenters. The van der Waals surface area contributed by atoms with Gasteiger partial charge in [-0.25, -0.2) is 4.98 Å². The summed E-state index contributed by atoms with van der Waals surface area (Å²) in [4.78, 5) is 22.4. The van der Waals surface area contributed by atoms with Crippen LogP contribution in [0.5, 0.6) is 11.5 Å². The van der Waals surface area contributed by atoms with Gasteiger partial charge in [0, 0.05) is 25.5 Å². The topological polar surface area (TPSA) is 76.6 Å². The monoisotopic (exact) mass is 312 g/mol. The average Bonchev–Trinajstić information content (AvgIpc) is 2.57. The molecule has 1 atom stereocenters. The first-order chi connectivity index (χ1) is 11.3. The van der Waals surface area contributed by atoms with Gasteiger partial charge in [-0.05, 0) is 12.1 Å². The molecular formula is C16H16N4O3. The highest BCUT2D eigenvalue weighted by molar-refractivity contribution is 5.83. The first-order valence-corrected chi connectivity index (χ1v) is 7.49. The Morgan fingerprint density at radius 1 is 1.22 bits per heavy atom. The van der Waals surface area contributed by atoms with Crippen LogP contribution in [0.4, 0.5) is 5.82 Å². The molecule has 1 amide bonds. The zero-order chi connectivity index (χ0) is 15.6. The molecule has 1 N–H and O–H groups in total. The number of hydrogen-bond acceptors (Lipinski definition) is 6. The van der Waals surface area contributed by atoms with Crippen LogP contribution in [0.1, 0.15) is 0 Å². The fourth-order valence-electron chi connectivity index (χ4n) is 2.68. The van der Waals surface area contributed by atoms with Crippen molar-refractivity contribution < 1.29 is 14.3 Å². The van der Waals surface area contributed by atoms with Crippen LogP contribution in [0, 0.1) is 0 Å². The predicted octanol–water partition coefficient (Wildman–Crippen LogP) is 0.939. The Balaban J connectivity index is 1.32. The summed E-state index contributed by atoms with van der Waals surface area (Å²) >= 11 is 0. The van der Waals surface area contributed by atoms with Crippen molar-refractivity contribution in [1.82, 2.24) is 14.9 Å². The molecule has 7 heteroatoms. The lowest BCUT2D eigenvalue weighted by Crippen LogP contribution is -2.61. The summed E-state index contributed by atoms with van der Waals surface area (Å²) in [6.07, 6.45) is 4.34. The number of likely N-dealkylation sites (tertiary alicyclic amines) is 1. The standard InChI is InChI=1S/C16H16N4O3/c21-16(14-10-22-12-3-1-2-4-13(12)23-14)20-8-11(9-20)19-15-7-17-5-6-18-15/h1-7,11,14H,8-10H2,(H,18,19). The Hall–Kier alpha value is -2.83. The summed E-state index contributed by atoms with van der Waals surface area (Å²) in [7, 11) is 0. The van der Waals surface area contributed by atoms with E-state index in [0.717, 1.165) is 5.82 Å². The Kier molecular flexibility index (Phi) is 3.45. The van der Waals surface area contributed by atoms with Crippen molar-refractivity contribution in [1.29, 1.82) is 0 Å². The van der Waals surface area contributed by atoms with Gasteiger partial charge in [0.1, 0.15) is 12.4 Å². The van der Waals surface area contributed by atoms with Crippen LogP contribution < -0.4 is 14.8 Å². The summed E-state index contributed by atoms with van der Waals surface area (Å²) in [5.74, 6) is 1.97. The van der Waals surface area contributed by atoms with Gasteiger partial charge in [-0.2, -0.15) is 0 Å². The lowest BCUT2D eigenvalue weighted by atomic mass is 10.1. The fraction of sp³-hybridized carbons (Fsp3) is 0.312. The highest BCUT2D eigenvalue weighted by Crippen LogP contribution is 2.31. The Bertz CT molecular complexity index is 703. The van der Waals surface area contributed by atoms with E-state index in [9.17, 15) is 4.79 Å². The second-order valence-electron chi connectivity index (χ2n) is 5.54. The number of carbonyl (C=O) groups is 1. The number of nitrogens with one attached hydrogen (secondary N) is 1. The summed E-state index contributed by atoms with van der Waals surface area (Å²) < 4.78 is 11.3. The average molecular weight is 312 g/mol. The maximum absolute atomic E-state index is 12.5. The second-order valence-corrected chi connectivity index (χ2v) is 5.54. The van der Waals surface area contributed by atoms with Gasteiger partial charge >= 0.3 is 0 Å². The van der Waals surface area contributed by atoms with E-state index in [2.05, 4.69) is 15.3 Å². The number of ether oxygens (including phenoxy) is 2. The number of rotatable bonds is 3. The number of para-hydroxylation sites is 2. The van der Waals surface area contributed by atoms with E-state index >= 15 is 0 Å². The number of carbonyl (C=O) groups excluding carboxylic acids is 1. The molecule has 2 aliphatic rings. The predicted molar refractivity (Wildman–Crippen MR) is 82.4 cm³/mol. The van der Waals surface area contributed by atoms with Gasteiger partial charge in [-0.15, -0.1) is 0 Å². The molecule has 0 aliphatic carbocycles. The van der Waals surface area contributed by atoms with Crippen LogP contribution in [0.15, 0.2) is 42.9 Å². The largest absolute Gasteiger partial charge is 0.485 e. The van der Waals surface area contributed by atoms with Gasteiger partial charge < -0.3 is 19.7 Å². The summed E-state index contributed by atoms with van der Waals surface area (Å²) in [5.41, 5.74) is 0. The van der Waals surface area contributed by atoms with E-state index in [1.165, 1.54) is 0 Å². The second kappa shape index (κ2) is 5.75. The van der Waals surface area contributed by atoms with Crippen molar-refractivity contribution in [3.63, 3.8) is 0 Å². The van der Waals surface area contributed by atoms with Crippen LogP contribution >= 0.6 is 0 Å². The molecule has 4 rings (SSSR count). The van der Waals surface area contributed by atoms with Gasteiger partial charge in [-0.3, -0.25) is 9.78 Å². The summed E-state index contributed by atoms with van der Waals surface area (Å²) in [6.45, 7) is 1.49. The molecule has 3 heterocycles. The number of amides is 1. The van der Waals surface area contributed by atoms with E-state index < -0.39 is 6.10 Å². The lowest BCUT2D eigenvalue weighted by molar-refractivity contribution is -0.145. The Morgan fingerprint density at radius 2 is 2.04 bits per heavy atom. The van der Waals surface area contributed by atoms with Crippen molar-refractivity contribution in [2.24, 2.45) is 0 Å². The first-order valence-electron chi connectivity index (χ1n) is 7.49. The number of benzene rings is 1. The maximum atomic E-state index is 12.5. The first kappa shape index (κ1) is 13.8. The molecular weight excluding hydrogens is 296 g/mol. The molecule has 0 bridgehead atoms. The lowest BCUT2D eigenvalue weighted by Gasteiger charge is -2.41. The molecule has 1 fully saturated rings. The van der Waals surface area contributed by atoms with Crippen molar-refractivity contribution in [2.45, 2.75) is 12.1 Å². The van der Waals surface area contributed by atoms with E-state index in [-0.39, 0.29) is 18.6 Å². The Labute approximate surface area is 133 Å². The minimum absolute atomic E-state index is 0.0447. The van der Waals surface area contributed by atoms with Crippen LogP contribution in [-0.4, -0.2) is 52.6 Å². The zero-order valence-corrected chi connectivity index (χ0v) is 12.4. The minimum Gasteiger partial charge on any atom is -0.485 e.